The number of amides is 1. The summed E-state index contributed by atoms with van der Waals surface area (Å²) in [4.78, 5) is 22.8. The van der Waals surface area contributed by atoms with Crippen LogP contribution in [0.5, 0.6) is 0 Å². The maximum Gasteiger partial charge on any atom is 0.264 e. The van der Waals surface area contributed by atoms with E-state index < -0.39 is 0 Å². The van der Waals surface area contributed by atoms with E-state index in [-0.39, 0.29) is 11.4 Å². The molecule has 5 rings (SSSR count). The van der Waals surface area contributed by atoms with Crippen LogP contribution in [0.2, 0.25) is 0 Å². The molecule has 0 aliphatic carbocycles. The summed E-state index contributed by atoms with van der Waals surface area (Å²) in [5, 5.41) is 1.96. The lowest BCUT2D eigenvalue weighted by Crippen LogP contribution is -2.52. The van der Waals surface area contributed by atoms with Gasteiger partial charge < -0.3 is 14.4 Å². The molecule has 0 unspecified atom stereocenters. The predicted molar refractivity (Wildman–Crippen MR) is 108 cm³/mol. The van der Waals surface area contributed by atoms with E-state index in [1.165, 1.54) is 17.0 Å². The van der Waals surface area contributed by atoms with Crippen LogP contribution in [0.1, 0.15) is 21.8 Å². The van der Waals surface area contributed by atoms with Crippen molar-refractivity contribution in [2.24, 2.45) is 0 Å². The van der Waals surface area contributed by atoms with Gasteiger partial charge in [0.05, 0.1) is 16.3 Å². The molecule has 2 aliphatic heterocycles. The smallest absolute Gasteiger partial charge is 0.264 e. The molecule has 0 bridgehead atoms. The number of rotatable bonds is 3. The van der Waals surface area contributed by atoms with Crippen molar-refractivity contribution < 1.29 is 4.79 Å². The van der Waals surface area contributed by atoms with Gasteiger partial charge in [-0.05, 0) is 42.1 Å². The molecular formula is C21H20N4OS. The minimum Gasteiger partial charge on any atom is -0.352 e. The van der Waals surface area contributed by atoms with Gasteiger partial charge in [-0.1, -0.05) is 12.1 Å². The summed E-state index contributed by atoms with van der Waals surface area (Å²) in [5.74, 6) is 1.06. The molecule has 1 saturated heterocycles. The second-order valence-electron chi connectivity index (χ2n) is 6.99. The van der Waals surface area contributed by atoms with Gasteiger partial charge in [-0.25, -0.2) is 4.98 Å². The van der Waals surface area contributed by atoms with Gasteiger partial charge in [0.2, 0.25) is 0 Å². The highest BCUT2D eigenvalue weighted by atomic mass is 32.1. The molecule has 1 atom stereocenters. The molecule has 5 nitrogen and oxygen atoms in total. The average Bonchev–Trinajstić information content (AvgIpc) is 3.46. The Morgan fingerprint density at radius 1 is 1.30 bits per heavy atom. The van der Waals surface area contributed by atoms with E-state index in [1.54, 1.807) is 0 Å². The first-order valence-electron chi connectivity index (χ1n) is 9.09. The maximum absolute atomic E-state index is 13.0. The molecule has 5 heterocycles. The Bertz CT molecular complexity index is 1010. The van der Waals surface area contributed by atoms with E-state index in [4.69, 9.17) is 0 Å². The first-order chi connectivity index (χ1) is 13.2. The first kappa shape index (κ1) is 16.3. The predicted octanol–water partition coefficient (Wildman–Crippen LogP) is 3.68. The number of anilines is 1. The Morgan fingerprint density at radius 3 is 3.04 bits per heavy atom. The van der Waals surface area contributed by atoms with E-state index in [9.17, 15) is 4.79 Å². The van der Waals surface area contributed by atoms with Crippen molar-refractivity contribution in [3.63, 3.8) is 0 Å². The van der Waals surface area contributed by atoms with Gasteiger partial charge in [0.1, 0.15) is 5.54 Å². The fourth-order valence-electron chi connectivity index (χ4n) is 4.45. The van der Waals surface area contributed by atoms with E-state index >= 15 is 0 Å². The Kier molecular flexibility index (Phi) is 3.68. The number of hydrogen-bond acceptors (Lipinski definition) is 4. The Balaban J connectivity index is 1.61. The highest BCUT2D eigenvalue weighted by molar-refractivity contribution is 7.12. The maximum atomic E-state index is 13.0. The van der Waals surface area contributed by atoms with Gasteiger partial charge >= 0.3 is 0 Å². The summed E-state index contributed by atoms with van der Waals surface area (Å²) >= 11 is 1.50. The van der Waals surface area contributed by atoms with Crippen LogP contribution in [0.4, 0.5) is 5.69 Å². The summed E-state index contributed by atoms with van der Waals surface area (Å²) in [6.45, 7) is 6.09. The molecule has 0 radical (unpaired) electrons. The van der Waals surface area contributed by atoms with Crippen molar-refractivity contribution in [2.75, 3.05) is 24.5 Å². The largest absolute Gasteiger partial charge is 0.352 e. The molecule has 2 aliphatic rings. The Hall–Kier alpha value is -2.86. The van der Waals surface area contributed by atoms with Crippen LogP contribution in [0.25, 0.3) is 5.82 Å². The first-order valence-corrected chi connectivity index (χ1v) is 9.97. The van der Waals surface area contributed by atoms with Gasteiger partial charge in [-0.15, -0.1) is 17.9 Å². The lowest BCUT2D eigenvalue weighted by atomic mass is 9.89. The summed E-state index contributed by atoms with van der Waals surface area (Å²) in [7, 11) is 0. The van der Waals surface area contributed by atoms with Crippen LogP contribution in [-0.4, -0.2) is 40.0 Å². The average molecular weight is 376 g/mol. The van der Waals surface area contributed by atoms with Crippen molar-refractivity contribution in [3.05, 3.63) is 77.4 Å². The molecule has 136 valence electrons. The van der Waals surface area contributed by atoms with Crippen LogP contribution >= 0.6 is 11.3 Å². The van der Waals surface area contributed by atoms with E-state index in [1.807, 2.05) is 40.8 Å². The number of carbonyl (C=O) groups excluding carboxylic acids is 1. The van der Waals surface area contributed by atoms with Crippen molar-refractivity contribution in [1.82, 2.24) is 14.5 Å². The van der Waals surface area contributed by atoms with Gasteiger partial charge in [0, 0.05) is 32.0 Å². The van der Waals surface area contributed by atoms with Crippen LogP contribution in [-0.2, 0) is 5.54 Å². The zero-order valence-corrected chi connectivity index (χ0v) is 15.7. The van der Waals surface area contributed by atoms with Crippen LogP contribution in [0.15, 0.2) is 66.8 Å². The topological polar surface area (TPSA) is 41.4 Å². The van der Waals surface area contributed by atoms with Crippen molar-refractivity contribution in [2.45, 2.75) is 12.0 Å². The molecule has 1 spiro atoms. The SMILES string of the molecule is C=CCN1c2cccnc2-n2cccc2[C@]12CCN(C(=O)c1cccs1)C2. The number of fused-ring (bicyclic) bond motifs is 4. The lowest BCUT2D eigenvalue weighted by molar-refractivity contribution is 0.0787. The Labute approximate surface area is 162 Å². The molecular weight excluding hydrogens is 356 g/mol. The fraction of sp³-hybridized carbons (Fsp3) is 0.238. The van der Waals surface area contributed by atoms with Gasteiger partial charge in [0.15, 0.2) is 5.82 Å². The van der Waals surface area contributed by atoms with E-state index in [2.05, 4.69) is 45.4 Å². The second-order valence-corrected chi connectivity index (χ2v) is 7.94. The number of nitrogens with zero attached hydrogens (tertiary/aromatic N) is 4. The molecule has 0 saturated carbocycles. The lowest BCUT2D eigenvalue weighted by Gasteiger charge is -2.46. The molecule has 1 amide bonds. The third kappa shape index (κ3) is 2.29. The minimum atomic E-state index is -0.263. The Morgan fingerprint density at radius 2 is 2.22 bits per heavy atom. The molecule has 6 heteroatoms. The third-order valence-electron chi connectivity index (χ3n) is 5.61. The van der Waals surface area contributed by atoms with Crippen LogP contribution < -0.4 is 4.90 Å². The van der Waals surface area contributed by atoms with Crippen molar-refractivity contribution in [1.29, 1.82) is 0 Å². The minimum absolute atomic E-state index is 0.121. The number of carbonyl (C=O) groups is 1. The highest BCUT2D eigenvalue weighted by Crippen LogP contribution is 2.47. The zero-order valence-electron chi connectivity index (χ0n) is 14.9. The summed E-state index contributed by atoms with van der Waals surface area (Å²) in [6, 6.07) is 12.1. The summed E-state index contributed by atoms with van der Waals surface area (Å²) < 4.78 is 2.17. The molecule has 0 aromatic carbocycles. The number of likely N-dealkylation sites (tertiary alicyclic amines) is 1. The molecule has 0 N–H and O–H groups in total. The number of pyridine rings is 1. The van der Waals surface area contributed by atoms with E-state index in [0.717, 1.165) is 29.3 Å². The molecule has 27 heavy (non-hydrogen) atoms. The fourth-order valence-corrected chi connectivity index (χ4v) is 5.14. The number of aromatic nitrogens is 2. The zero-order chi connectivity index (χ0) is 18.4. The summed E-state index contributed by atoms with van der Waals surface area (Å²) in [5.41, 5.74) is 2.02. The number of hydrogen-bond donors (Lipinski definition) is 0. The monoisotopic (exact) mass is 376 g/mol. The molecule has 3 aromatic heterocycles. The quantitative estimate of drug-likeness (QED) is 0.655. The van der Waals surface area contributed by atoms with E-state index in [0.29, 0.717) is 13.1 Å². The standard InChI is InChI=1S/C21H20N4OS/c1-2-11-25-16-6-3-10-22-19(16)24-12-4-8-18(24)21(25)9-13-23(15-21)20(26)17-7-5-14-27-17/h2-8,10,12,14H,1,9,11,13,15H2/t21-/m1/s1. The molecule has 1 fully saturated rings. The molecule has 3 aromatic rings. The van der Waals surface area contributed by atoms with Crippen molar-refractivity contribution >= 4 is 22.9 Å². The second kappa shape index (κ2) is 6.09. The third-order valence-corrected chi connectivity index (χ3v) is 6.46. The van der Waals surface area contributed by atoms with Gasteiger partial charge in [-0.3, -0.25) is 4.79 Å². The van der Waals surface area contributed by atoms with Crippen LogP contribution in [0.3, 0.4) is 0 Å². The van der Waals surface area contributed by atoms with Gasteiger partial charge in [0.25, 0.3) is 5.91 Å². The van der Waals surface area contributed by atoms with Gasteiger partial charge in [-0.2, -0.15) is 0 Å². The summed E-state index contributed by atoms with van der Waals surface area (Å²) in [6.07, 6.45) is 6.71. The number of thiophene rings is 1. The van der Waals surface area contributed by atoms with Crippen molar-refractivity contribution in [3.8, 4) is 5.82 Å². The highest BCUT2D eigenvalue weighted by Gasteiger charge is 2.50. The normalized spacial score (nSPS) is 20.6. The van der Waals surface area contributed by atoms with Crippen LogP contribution in [0, 0.1) is 0 Å².